The Bertz CT molecular complexity index is 466. The van der Waals surface area contributed by atoms with Gasteiger partial charge in [-0.25, -0.2) is 0 Å². The fraction of sp³-hybridized carbons (Fsp3) is 0.467. The highest BCUT2D eigenvalue weighted by atomic mass is 16.4. The van der Waals surface area contributed by atoms with E-state index in [4.69, 9.17) is 5.11 Å². The summed E-state index contributed by atoms with van der Waals surface area (Å²) in [4.78, 5) is 23.1. The van der Waals surface area contributed by atoms with Crippen LogP contribution in [0, 0.1) is 0 Å². The van der Waals surface area contributed by atoms with Crippen molar-refractivity contribution in [3.05, 3.63) is 35.9 Å². The SMILES string of the molecule is C[C@H](C(=O)NC1(CC(=O)O)CCC1)c1ccccc1. The second kappa shape index (κ2) is 5.43. The Kier molecular flexibility index (Phi) is 3.88. The minimum absolute atomic E-state index is 0.0141. The van der Waals surface area contributed by atoms with Crippen molar-refractivity contribution in [1.82, 2.24) is 5.32 Å². The Morgan fingerprint density at radius 2 is 1.95 bits per heavy atom. The Morgan fingerprint density at radius 3 is 2.42 bits per heavy atom. The van der Waals surface area contributed by atoms with Gasteiger partial charge < -0.3 is 10.4 Å². The average Bonchev–Trinajstić information content (AvgIpc) is 2.35. The molecule has 1 aliphatic rings. The first-order valence-electron chi connectivity index (χ1n) is 6.61. The van der Waals surface area contributed by atoms with Gasteiger partial charge >= 0.3 is 5.97 Å². The number of amides is 1. The summed E-state index contributed by atoms with van der Waals surface area (Å²) in [5.74, 6) is -1.20. The van der Waals surface area contributed by atoms with Crippen LogP contribution in [-0.4, -0.2) is 22.5 Å². The molecule has 102 valence electrons. The fourth-order valence-corrected chi connectivity index (χ4v) is 2.50. The molecule has 2 rings (SSSR count). The summed E-state index contributed by atoms with van der Waals surface area (Å²) in [7, 11) is 0. The van der Waals surface area contributed by atoms with Crippen molar-refractivity contribution < 1.29 is 14.7 Å². The molecule has 1 saturated carbocycles. The van der Waals surface area contributed by atoms with Crippen LogP contribution in [0.5, 0.6) is 0 Å². The quantitative estimate of drug-likeness (QED) is 0.854. The molecule has 0 heterocycles. The van der Waals surface area contributed by atoms with Crippen molar-refractivity contribution >= 4 is 11.9 Å². The first-order chi connectivity index (χ1) is 9.02. The number of benzene rings is 1. The van der Waals surface area contributed by atoms with Gasteiger partial charge in [-0.2, -0.15) is 0 Å². The van der Waals surface area contributed by atoms with Crippen molar-refractivity contribution in [3.8, 4) is 0 Å². The molecule has 1 aromatic rings. The highest BCUT2D eigenvalue weighted by molar-refractivity contribution is 5.84. The van der Waals surface area contributed by atoms with E-state index in [1.165, 1.54) is 0 Å². The molecule has 0 unspecified atom stereocenters. The topological polar surface area (TPSA) is 66.4 Å². The first kappa shape index (κ1) is 13.6. The molecule has 19 heavy (non-hydrogen) atoms. The van der Waals surface area contributed by atoms with Crippen LogP contribution in [0.3, 0.4) is 0 Å². The predicted molar refractivity (Wildman–Crippen MR) is 71.8 cm³/mol. The van der Waals surface area contributed by atoms with Crippen LogP contribution in [0.4, 0.5) is 0 Å². The largest absolute Gasteiger partial charge is 0.481 e. The number of rotatable bonds is 5. The molecule has 1 fully saturated rings. The zero-order chi connectivity index (χ0) is 13.9. The van der Waals surface area contributed by atoms with Crippen LogP contribution in [0.1, 0.15) is 44.1 Å². The van der Waals surface area contributed by atoms with E-state index in [1.54, 1.807) is 0 Å². The molecule has 2 N–H and O–H groups in total. The van der Waals surface area contributed by atoms with Gasteiger partial charge in [0.1, 0.15) is 0 Å². The summed E-state index contributed by atoms with van der Waals surface area (Å²) < 4.78 is 0. The zero-order valence-corrected chi connectivity index (χ0v) is 11.1. The summed E-state index contributed by atoms with van der Waals surface area (Å²) in [6, 6.07) is 9.53. The van der Waals surface area contributed by atoms with Crippen molar-refractivity contribution in [2.24, 2.45) is 0 Å². The maximum absolute atomic E-state index is 12.2. The van der Waals surface area contributed by atoms with Crippen LogP contribution >= 0.6 is 0 Å². The van der Waals surface area contributed by atoms with Gasteiger partial charge in [0.25, 0.3) is 0 Å². The second-order valence-corrected chi connectivity index (χ2v) is 5.33. The summed E-state index contributed by atoms with van der Waals surface area (Å²) in [5.41, 5.74) is 0.427. The number of carboxylic acid groups (broad SMARTS) is 1. The number of hydrogen-bond donors (Lipinski definition) is 2. The highest BCUT2D eigenvalue weighted by Gasteiger charge is 2.41. The Balaban J connectivity index is 2.02. The number of carboxylic acids is 1. The van der Waals surface area contributed by atoms with Crippen LogP contribution in [0.25, 0.3) is 0 Å². The van der Waals surface area contributed by atoms with Gasteiger partial charge in [0.2, 0.25) is 5.91 Å². The summed E-state index contributed by atoms with van der Waals surface area (Å²) in [5, 5.41) is 11.9. The molecule has 1 amide bonds. The molecule has 0 spiro atoms. The molecule has 0 aromatic heterocycles. The molecule has 0 saturated heterocycles. The van der Waals surface area contributed by atoms with E-state index < -0.39 is 11.5 Å². The van der Waals surface area contributed by atoms with E-state index >= 15 is 0 Å². The van der Waals surface area contributed by atoms with Gasteiger partial charge in [-0.3, -0.25) is 9.59 Å². The lowest BCUT2D eigenvalue weighted by Gasteiger charge is -2.42. The summed E-state index contributed by atoms with van der Waals surface area (Å²) in [6.07, 6.45) is 2.51. The predicted octanol–water partition coefficient (Wildman–Crippen LogP) is 2.30. The monoisotopic (exact) mass is 261 g/mol. The molecule has 4 nitrogen and oxygen atoms in total. The maximum Gasteiger partial charge on any atom is 0.305 e. The molecular formula is C15H19NO3. The van der Waals surface area contributed by atoms with Gasteiger partial charge in [-0.1, -0.05) is 30.3 Å². The third kappa shape index (κ3) is 3.13. The molecule has 0 radical (unpaired) electrons. The summed E-state index contributed by atoms with van der Waals surface area (Å²) in [6.45, 7) is 1.85. The van der Waals surface area contributed by atoms with Gasteiger partial charge in [0, 0.05) is 0 Å². The molecule has 1 aromatic carbocycles. The van der Waals surface area contributed by atoms with E-state index in [-0.39, 0.29) is 18.2 Å². The summed E-state index contributed by atoms with van der Waals surface area (Å²) >= 11 is 0. The van der Waals surface area contributed by atoms with Crippen molar-refractivity contribution in [2.45, 2.75) is 44.1 Å². The van der Waals surface area contributed by atoms with E-state index in [0.29, 0.717) is 0 Å². The lowest BCUT2D eigenvalue weighted by molar-refractivity contribution is -0.140. The van der Waals surface area contributed by atoms with E-state index in [1.807, 2.05) is 37.3 Å². The lowest BCUT2D eigenvalue weighted by Crippen LogP contribution is -2.55. The smallest absolute Gasteiger partial charge is 0.305 e. The molecule has 4 heteroatoms. The second-order valence-electron chi connectivity index (χ2n) is 5.33. The van der Waals surface area contributed by atoms with E-state index in [9.17, 15) is 9.59 Å². The van der Waals surface area contributed by atoms with Gasteiger partial charge in [0.05, 0.1) is 17.9 Å². The lowest BCUT2D eigenvalue weighted by atomic mass is 9.74. The Labute approximate surface area is 112 Å². The standard InChI is InChI=1S/C15H19NO3/c1-11(12-6-3-2-4-7-12)14(19)16-15(8-5-9-15)10-13(17)18/h2-4,6-7,11H,5,8-10H2,1H3,(H,16,19)(H,17,18)/t11-/m0/s1. The third-order valence-electron chi connectivity index (χ3n) is 3.88. The van der Waals surface area contributed by atoms with Crippen molar-refractivity contribution in [2.75, 3.05) is 0 Å². The normalized spacial score (nSPS) is 18.2. The maximum atomic E-state index is 12.2. The number of carbonyl (C=O) groups is 2. The minimum Gasteiger partial charge on any atom is -0.481 e. The molecule has 1 atom stereocenters. The van der Waals surface area contributed by atoms with Gasteiger partial charge in [0.15, 0.2) is 0 Å². The van der Waals surface area contributed by atoms with E-state index in [0.717, 1.165) is 24.8 Å². The number of nitrogens with one attached hydrogen (secondary N) is 1. The zero-order valence-electron chi connectivity index (χ0n) is 11.1. The van der Waals surface area contributed by atoms with Gasteiger partial charge in [-0.05, 0) is 31.7 Å². The number of carbonyl (C=O) groups excluding carboxylic acids is 1. The van der Waals surface area contributed by atoms with Crippen molar-refractivity contribution in [1.29, 1.82) is 0 Å². The van der Waals surface area contributed by atoms with E-state index in [2.05, 4.69) is 5.32 Å². The van der Waals surface area contributed by atoms with Crippen LogP contribution in [0.2, 0.25) is 0 Å². The first-order valence-corrected chi connectivity index (χ1v) is 6.61. The van der Waals surface area contributed by atoms with Crippen LogP contribution < -0.4 is 5.32 Å². The Morgan fingerprint density at radius 1 is 1.32 bits per heavy atom. The average molecular weight is 261 g/mol. The Hall–Kier alpha value is -1.84. The van der Waals surface area contributed by atoms with Crippen LogP contribution in [0.15, 0.2) is 30.3 Å². The van der Waals surface area contributed by atoms with Crippen LogP contribution in [-0.2, 0) is 9.59 Å². The number of aliphatic carboxylic acids is 1. The molecular weight excluding hydrogens is 242 g/mol. The van der Waals surface area contributed by atoms with Gasteiger partial charge in [-0.15, -0.1) is 0 Å². The minimum atomic E-state index is -0.854. The molecule has 0 bridgehead atoms. The molecule has 1 aliphatic carbocycles. The fourth-order valence-electron chi connectivity index (χ4n) is 2.50. The number of hydrogen-bond acceptors (Lipinski definition) is 2. The highest BCUT2D eigenvalue weighted by Crippen LogP contribution is 2.35. The van der Waals surface area contributed by atoms with Crippen molar-refractivity contribution in [3.63, 3.8) is 0 Å². The molecule has 0 aliphatic heterocycles. The third-order valence-corrected chi connectivity index (χ3v) is 3.88.